The van der Waals surface area contributed by atoms with E-state index in [0.29, 0.717) is 5.41 Å². The number of hydrogen-bond acceptors (Lipinski definition) is 0. The number of rotatable bonds is 0. The van der Waals surface area contributed by atoms with Crippen molar-refractivity contribution in [2.75, 3.05) is 0 Å². The predicted octanol–water partition coefficient (Wildman–Crippen LogP) is 4.81. The van der Waals surface area contributed by atoms with Gasteiger partial charge in [-0.1, -0.05) is 45.8 Å². The van der Waals surface area contributed by atoms with Gasteiger partial charge >= 0.3 is 0 Å². The minimum atomic E-state index is 0.469. The van der Waals surface area contributed by atoms with E-state index >= 15 is 0 Å². The van der Waals surface area contributed by atoms with Crippen molar-refractivity contribution in [1.29, 1.82) is 0 Å². The van der Waals surface area contributed by atoms with Crippen LogP contribution in [0.25, 0.3) is 0 Å². The maximum atomic E-state index is 2.36. The molecule has 13 heavy (non-hydrogen) atoms. The largest absolute Gasteiger partial charge is 0.0710 e. The molecule has 1 unspecified atom stereocenters. The molecule has 0 saturated carbocycles. The van der Waals surface area contributed by atoms with Crippen LogP contribution in [0, 0.1) is 11.3 Å². The van der Waals surface area contributed by atoms with Gasteiger partial charge in [-0.2, -0.15) is 0 Å². The van der Waals surface area contributed by atoms with Crippen LogP contribution in [0.2, 0.25) is 0 Å². The fourth-order valence-corrected chi connectivity index (χ4v) is 1.88. The van der Waals surface area contributed by atoms with Crippen LogP contribution in [0.4, 0.5) is 0 Å². The molecule has 0 bridgehead atoms. The molecule has 0 spiro atoms. The van der Waals surface area contributed by atoms with E-state index in [2.05, 4.69) is 34.6 Å². The normalized spacial score (nSPS) is 26.5. The van der Waals surface area contributed by atoms with Gasteiger partial charge in [-0.15, -0.1) is 0 Å². The lowest BCUT2D eigenvalue weighted by Crippen LogP contribution is -2.22. The molecule has 0 nitrogen and oxygen atoms in total. The summed E-state index contributed by atoms with van der Waals surface area (Å²) in [7, 11) is 0. The lowest BCUT2D eigenvalue weighted by atomic mass is 9.70. The van der Waals surface area contributed by atoms with Gasteiger partial charge in [-0.25, -0.2) is 0 Å². The maximum Gasteiger partial charge on any atom is -0.0145 e. The number of hydrogen-bond donors (Lipinski definition) is 0. The first-order valence-corrected chi connectivity index (χ1v) is 5.63. The third-order valence-corrected chi connectivity index (χ3v) is 3.55. The molecule has 0 aromatic carbocycles. The molecule has 1 aliphatic rings. The fourth-order valence-electron chi connectivity index (χ4n) is 1.88. The monoisotopic (exact) mass is 182 g/mol. The van der Waals surface area contributed by atoms with Gasteiger partial charge in [0.05, 0.1) is 0 Å². The van der Waals surface area contributed by atoms with Gasteiger partial charge in [0.25, 0.3) is 0 Å². The minimum absolute atomic E-state index is 0.469. The van der Waals surface area contributed by atoms with Crippen molar-refractivity contribution in [3.63, 3.8) is 0 Å². The molecule has 0 aromatic rings. The third-order valence-electron chi connectivity index (χ3n) is 3.55. The summed E-state index contributed by atoms with van der Waals surface area (Å²) < 4.78 is 0. The van der Waals surface area contributed by atoms with Gasteiger partial charge in [-0.05, 0) is 38.0 Å². The van der Waals surface area contributed by atoms with Crippen LogP contribution in [-0.2, 0) is 0 Å². The van der Waals surface area contributed by atoms with E-state index in [9.17, 15) is 0 Å². The van der Waals surface area contributed by atoms with Crippen LogP contribution in [0.1, 0.15) is 61.3 Å². The zero-order chi connectivity index (χ0) is 10.6. The zero-order valence-corrected chi connectivity index (χ0v) is 10.5. The van der Waals surface area contributed by atoms with Crippen LogP contribution in [0.5, 0.6) is 0 Å². The lowest BCUT2D eigenvalue weighted by Gasteiger charge is -2.35. The summed E-state index contributed by atoms with van der Waals surface area (Å²) >= 11 is 0. The molecule has 0 fully saturated rings. The molecule has 0 aliphatic heterocycles. The highest BCUT2D eigenvalue weighted by atomic mass is 14.3. The van der Waals surface area contributed by atoms with E-state index in [1.54, 1.807) is 11.1 Å². The molecule has 0 amide bonds. The molecule has 0 saturated heterocycles. The van der Waals surface area contributed by atoms with Gasteiger partial charge in [0.2, 0.25) is 0 Å². The van der Waals surface area contributed by atoms with Gasteiger partial charge in [0.1, 0.15) is 0 Å². The topological polar surface area (TPSA) is 0 Å². The van der Waals surface area contributed by atoms with E-state index < -0.39 is 0 Å². The highest BCUT2D eigenvalue weighted by Gasteiger charge is 2.28. The van der Waals surface area contributed by atoms with Crippen molar-refractivity contribution >= 4 is 0 Å². The van der Waals surface area contributed by atoms with Crippen molar-refractivity contribution in [1.82, 2.24) is 0 Å². The van der Waals surface area contributed by atoms with Crippen molar-refractivity contribution in [2.24, 2.45) is 11.3 Å². The average Bonchev–Trinajstić information content (AvgIpc) is 2.13. The smallest absolute Gasteiger partial charge is 0.0145 e. The Hall–Kier alpha value is -0.260. The summed E-state index contributed by atoms with van der Waals surface area (Å²) in [5.74, 6) is 0.822. The Kier molecular flexibility index (Phi) is 4.74. The standard InChI is InChI=1S/C11H20.C2H6/c1-8-6-7-11(4,5)10(3)9(8)2;1-2/h8H,6-7H2,1-5H3;1-2H3. The van der Waals surface area contributed by atoms with Crippen LogP contribution in [0.15, 0.2) is 11.1 Å². The second kappa shape index (κ2) is 4.83. The molecule has 78 valence electrons. The summed E-state index contributed by atoms with van der Waals surface area (Å²) in [6.07, 6.45) is 2.73. The molecule has 0 heteroatoms. The number of allylic oxidation sites excluding steroid dienone is 2. The van der Waals surface area contributed by atoms with Gasteiger partial charge in [0, 0.05) is 0 Å². The molecule has 0 aromatic heterocycles. The van der Waals surface area contributed by atoms with E-state index in [-0.39, 0.29) is 0 Å². The molecule has 1 atom stereocenters. The summed E-state index contributed by atoms with van der Waals surface area (Å²) in [5, 5.41) is 0. The Bertz CT molecular complexity index is 184. The Labute approximate surface area is 84.4 Å². The first kappa shape index (κ1) is 12.7. The second-order valence-corrected chi connectivity index (χ2v) is 4.63. The Morgan fingerprint density at radius 2 is 1.62 bits per heavy atom. The fraction of sp³-hybridized carbons (Fsp3) is 0.846. The predicted molar refractivity (Wildman–Crippen MR) is 61.9 cm³/mol. The lowest BCUT2D eigenvalue weighted by molar-refractivity contribution is 0.331. The van der Waals surface area contributed by atoms with Gasteiger partial charge < -0.3 is 0 Å². The van der Waals surface area contributed by atoms with E-state index in [4.69, 9.17) is 0 Å². The van der Waals surface area contributed by atoms with Crippen LogP contribution in [-0.4, -0.2) is 0 Å². The van der Waals surface area contributed by atoms with Crippen LogP contribution < -0.4 is 0 Å². The van der Waals surface area contributed by atoms with Crippen LogP contribution in [0.3, 0.4) is 0 Å². The van der Waals surface area contributed by atoms with Gasteiger partial charge in [0.15, 0.2) is 0 Å². The van der Waals surface area contributed by atoms with E-state index in [1.807, 2.05) is 13.8 Å². The Balaban J connectivity index is 0.000000671. The summed E-state index contributed by atoms with van der Waals surface area (Å²) in [5.41, 5.74) is 3.72. The highest BCUT2D eigenvalue weighted by Crippen LogP contribution is 2.41. The quantitative estimate of drug-likeness (QED) is 0.472. The molecule has 0 heterocycles. The summed E-state index contributed by atoms with van der Waals surface area (Å²) in [6, 6.07) is 0. The Morgan fingerprint density at radius 3 is 2.00 bits per heavy atom. The molecular formula is C13H26. The first-order valence-electron chi connectivity index (χ1n) is 5.63. The van der Waals surface area contributed by atoms with Crippen molar-refractivity contribution in [2.45, 2.75) is 61.3 Å². The third kappa shape index (κ3) is 2.86. The van der Waals surface area contributed by atoms with Crippen molar-refractivity contribution in [3.8, 4) is 0 Å². The van der Waals surface area contributed by atoms with Gasteiger partial charge in [-0.3, -0.25) is 0 Å². The maximum absolute atomic E-state index is 2.36. The highest BCUT2D eigenvalue weighted by molar-refractivity contribution is 5.21. The second-order valence-electron chi connectivity index (χ2n) is 4.63. The zero-order valence-electron chi connectivity index (χ0n) is 10.5. The first-order chi connectivity index (χ1) is 5.95. The molecule has 1 rings (SSSR count). The molecule has 0 radical (unpaired) electrons. The van der Waals surface area contributed by atoms with E-state index in [0.717, 1.165) is 5.92 Å². The van der Waals surface area contributed by atoms with Crippen LogP contribution >= 0.6 is 0 Å². The Morgan fingerprint density at radius 1 is 1.15 bits per heavy atom. The molecule has 1 aliphatic carbocycles. The van der Waals surface area contributed by atoms with Crippen molar-refractivity contribution < 1.29 is 0 Å². The summed E-state index contributed by atoms with van der Waals surface area (Å²) in [4.78, 5) is 0. The summed E-state index contributed by atoms with van der Waals surface area (Å²) in [6.45, 7) is 15.6. The SMILES string of the molecule is CC.CC1=C(C)C(C)(C)CCC1C. The van der Waals surface area contributed by atoms with E-state index in [1.165, 1.54) is 12.8 Å². The molecule has 0 N–H and O–H groups in total. The minimum Gasteiger partial charge on any atom is -0.0710 e. The van der Waals surface area contributed by atoms with Crippen molar-refractivity contribution in [3.05, 3.63) is 11.1 Å². The average molecular weight is 182 g/mol. The molecular weight excluding hydrogens is 156 g/mol.